The Kier molecular flexibility index (Phi) is 3.53. The largest absolute Gasteiger partial charge is 0.310 e. The number of thioether (sulfide) groups is 1. The minimum Gasteiger partial charge on any atom is -0.310 e. The Morgan fingerprint density at radius 2 is 2.30 bits per heavy atom. The average Bonchev–Trinajstić information content (AvgIpc) is 3.01. The maximum Gasteiger partial charge on any atom is 0.225 e. The molecule has 0 fully saturated rings. The Bertz CT molecular complexity index is 663. The van der Waals surface area contributed by atoms with Crippen LogP contribution >= 0.6 is 11.8 Å². The Morgan fingerprint density at radius 3 is 3.05 bits per heavy atom. The summed E-state index contributed by atoms with van der Waals surface area (Å²) in [7, 11) is 0. The predicted molar refractivity (Wildman–Crippen MR) is 82.2 cm³/mol. The molecule has 0 aliphatic carbocycles. The van der Waals surface area contributed by atoms with Crippen molar-refractivity contribution < 1.29 is 4.79 Å². The van der Waals surface area contributed by atoms with Gasteiger partial charge in [0.25, 0.3) is 0 Å². The molecule has 0 radical (unpaired) electrons. The molecule has 2 heterocycles. The van der Waals surface area contributed by atoms with Crippen LogP contribution in [0.1, 0.15) is 30.2 Å². The number of benzene rings is 1. The summed E-state index contributed by atoms with van der Waals surface area (Å²) in [5.74, 6) is 2.70. The molecule has 0 spiro atoms. The highest BCUT2D eigenvalue weighted by Crippen LogP contribution is 2.36. The Hall–Kier alpha value is -1.75. The van der Waals surface area contributed by atoms with Crippen molar-refractivity contribution in [3.8, 4) is 5.69 Å². The lowest BCUT2D eigenvalue weighted by Gasteiger charge is -2.10. The minimum atomic E-state index is 0.0264. The second kappa shape index (κ2) is 5.32. The molecular weight excluding hydrogens is 270 g/mol. The number of hydrogen-bond donors (Lipinski definition) is 1. The molecule has 0 saturated heterocycles. The van der Waals surface area contributed by atoms with Crippen molar-refractivity contribution in [3.05, 3.63) is 41.1 Å². The number of aryl methyl sites for hydroxylation is 1. The first-order valence-corrected chi connectivity index (χ1v) is 7.90. The van der Waals surface area contributed by atoms with Gasteiger partial charge in [-0.3, -0.25) is 4.79 Å². The second-order valence-electron chi connectivity index (χ2n) is 4.92. The summed E-state index contributed by atoms with van der Waals surface area (Å²) in [4.78, 5) is 11.8. The lowest BCUT2D eigenvalue weighted by atomic mass is 10.2. The fraction of sp³-hybridized carbons (Fsp3) is 0.333. The first kappa shape index (κ1) is 13.2. The fourth-order valence-corrected chi connectivity index (χ4v) is 3.34. The summed E-state index contributed by atoms with van der Waals surface area (Å²) in [6.45, 7) is 3.92. The monoisotopic (exact) mass is 287 g/mol. The summed E-state index contributed by atoms with van der Waals surface area (Å²) < 4.78 is 1.87. The number of fused-ring (bicyclic) bond motifs is 1. The molecule has 0 unspecified atom stereocenters. The van der Waals surface area contributed by atoms with Crippen molar-refractivity contribution in [3.63, 3.8) is 0 Å². The summed E-state index contributed by atoms with van der Waals surface area (Å²) in [5.41, 5.74) is 4.43. The van der Waals surface area contributed by atoms with Gasteiger partial charge < -0.3 is 5.32 Å². The van der Waals surface area contributed by atoms with Gasteiger partial charge in [-0.1, -0.05) is 19.1 Å². The van der Waals surface area contributed by atoms with E-state index in [2.05, 4.69) is 29.5 Å². The van der Waals surface area contributed by atoms with E-state index in [1.165, 1.54) is 11.1 Å². The van der Waals surface area contributed by atoms with Gasteiger partial charge in [0, 0.05) is 23.5 Å². The van der Waals surface area contributed by atoms with Crippen LogP contribution in [0.25, 0.3) is 5.69 Å². The topological polar surface area (TPSA) is 46.9 Å². The number of nitrogens with one attached hydrogen (secondary N) is 1. The number of rotatable bonds is 3. The lowest BCUT2D eigenvalue weighted by Crippen LogP contribution is -2.14. The molecule has 20 heavy (non-hydrogen) atoms. The van der Waals surface area contributed by atoms with Crippen LogP contribution in [0.5, 0.6) is 0 Å². The van der Waals surface area contributed by atoms with E-state index in [0.29, 0.717) is 6.42 Å². The third-order valence-electron chi connectivity index (χ3n) is 3.38. The predicted octanol–water partition coefficient (Wildman–Crippen LogP) is 3.28. The van der Waals surface area contributed by atoms with E-state index in [0.717, 1.165) is 28.7 Å². The molecule has 0 saturated carbocycles. The van der Waals surface area contributed by atoms with E-state index in [1.54, 1.807) is 0 Å². The third kappa shape index (κ3) is 2.33. The van der Waals surface area contributed by atoms with E-state index in [-0.39, 0.29) is 5.91 Å². The molecule has 1 amide bonds. The fourth-order valence-electron chi connectivity index (χ4n) is 2.31. The molecule has 0 atom stereocenters. The Labute approximate surface area is 122 Å². The van der Waals surface area contributed by atoms with Crippen molar-refractivity contribution in [1.29, 1.82) is 0 Å². The van der Waals surface area contributed by atoms with Crippen LogP contribution in [0.3, 0.4) is 0 Å². The van der Waals surface area contributed by atoms with E-state index in [4.69, 9.17) is 0 Å². The van der Waals surface area contributed by atoms with Gasteiger partial charge in [0.1, 0.15) is 5.82 Å². The van der Waals surface area contributed by atoms with Crippen LogP contribution in [0.2, 0.25) is 0 Å². The normalized spacial score (nSPS) is 13.3. The van der Waals surface area contributed by atoms with Crippen molar-refractivity contribution in [2.24, 2.45) is 0 Å². The van der Waals surface area contributed by atoms with Gasteiger partial charge in [0.05, 0.1) is 11.4 Å². The maximum atomic E-state index is 11.8. The number of hydrogen-bond acceptors (Lipinski definition) is 3. The van der Waals surface area contributed by atoms with Gasteiger partial charge in [-0.15, -0.1) is 0 Å². The first-order chi connectivity index (χ1) is 9.69. The standard InChI is InChI=1S/C15H17N3OS/c1-3-14(19)16-15-12-8-20-9-13(12)17-18(15)11-6-4-5-10(2)7-11/h4-7H,3,8-9H2,1-2H3,(H,16,19). The molecule has 1 aromatic carbocycles. The van der Waals surface area contributed by atoms with Crippen LogP contribution in [-0.4, -0.2) is 15.7 Å². The van der Waals surface area contributed by atoms with Gasteiger partial charge in [0.15, 0.2) is 0 Å². The molecule has 104 valence electrons. The number of amides is 1. The van der Waals surface area contributed by atoms with Gasteiger partial charge in [-0.25, -0.2) is 4.68 Å². The first-order valence-electron chi connectivity index (χ1n) is 6.74. The maximum absolute atomic E-state index is 11.8. The quantitative estimate of drug-likeness (QED) is 0.942. The smallest absolute Gasteiger partial charge is 0.225 e. The van der Waals surface area contributed by atoms with Crippen LogP contribution in [-0.2, 0) is 16.3 Å². The van der Waals surface area contributed by atoms with Crippen molar-refractivity contribution in [1.82, 2.24) is 9.78 Å². The molecule has 1 aromatic heterocycles. The lowest BCUT2D eigenvalue weighted by molar-refractivity contribution is -0.115. The van der Waals surface area contributed by atoms with Crippen LogP contribution in [0.15, 0.2) is 24.3 Å². The third-order valence-corrected chi connectivity index (χ3v) is 4.35. The van der Waals surface area contributed by atoms with Crippen LogP contribution < -0.4 is 5.32 Å². The number of nitrogens with zero attached hydrogens (tertiary/aromatic N) is 2. The molecule has 1 aliphatic heterocycles. The number of carbonyl (C=O) groups is 1. The molecule has 1 aliphatic rings. The Morgan fingerprint density at radius 1 is 1.45 bits per heavy atom. The number of carbonyl (C=O) groups excluding carboxylic acids is 1. The summed E-state index contributed by atoms with van der Waals surface area (Å²) in [6.07, 6.45) is 0.473. The highest BCUT2D eigenvalue weighted by Gasteiger charge is 2.24. The van der Waals surface area contributed by atoms with Gasteiger partial charge in [-0.2, -0.15) is 16.9 Å². The zero-order valence-electron chi connectivity index (χ0n) is 11.6. The molecule has 1 N–H and O–H groups in total. The number of aromatic nitrogens is 2. The highest BCUT2D eigenvalue weighted by atomic mass is 32.2. The molecule has 0 bridgehead atoms. The van der Waals surface area contributed by atoms with Crippen molar-refractivity contribution >= 4 is 23.5 Å². The van der Waals surface area contributed by atoms with Crippen molar-refractivity contribution in [2.45, 2.75) is 31.8 Å². The molecule has 2 aromatic rings. The highest BCUT2D eigenvalue weighted by molar-refractivity contribution is 7.98. The SMILES string of the molecule is CCC(=O)Nc1c2c(nn1-c1cccc(C)c1)CSC2. The Balaban J connectivity index is 2.08. The van der Waals surface area contributed by atoms with Crippen LogP contribution in [0.4, 0.5) is 5.82 Å². The van der Waals surface area contributed by atoms with E-state index < -0.39 is 0 Å². The summed E-state index contributed by atoms with van der Waals surface area (Å²) in [5, 5.41) is 7.68. The van der Waals surface area contributed by atoms with Crippen molar-refractivity contribution in [2.75, 3.05) is 5.32 Å². The van der Waals surface area contributed by atoms with Gasteiger partial charge in [-0.05, 0) is 24.6 Å². The summed E-state index contributed by atoms with van der Waals surface area (Å²) in [6, 6.07) is 8.17. The van der Waals surface area contributed by atoms with Crippen LogP contribution in [0, 0.1) is 6.92 Å². The minimum absolute atomic E-state index is 0.0264. The number of anilines is 1. The molecular formula is C15H17N3OS. The molecule has 3 rings (SSSR count). The van der Waals surface area contributed by atoms with E-state index in [9.17, 15) is 4.79 Å². The van der Waals surface area contributed by atoms with E-state index >= 15 is 0 Å². The van der Waals surface area contributed by atoms with E-state index in [1.807, 2.05) is 35.5 Å². The second-order valence-corrected chi connectivity index (χ2v) is 5.90. The molecule has 5 heteroatoms. The zero-order chi connectivity index (χ0) is 14.1. The summed E-state index contributed by atoms with van der Waals surface area (Å²) >= 11 is 1.84. The zero-order valence-corrected chi connectivity index (χ0v) is 12.5. The average molecular weight is 287 g/mol. The van der Waals surface area contributed by atoms with Gasteiger partial charge in [0.2, 0.25) is 5.91 Å². The van der Waals surface area contributed by atoms with Gasteiger partial charge >= 0.3 is 0 Å². The molecule has 4 nitrogen and oxygen atoms in total.